The van der Waals surface area contributed by atoms with Crippen molar-refractivity contribution in [2.75, 3.05) is 0 Å². The summed E-state index contributed by atoms with van der Waals surface area (Å²) >= 11 is 0. The number of H-pyrrole nitrogens is 1. The number of halogens is 4. The average molecular weight is 385 g/mol. The van der Waals surface area contributed by atoms with Gasteiger partial charge in [0, 0.05) is 12.0 Å². The van der Waals surface area contributed by atoms with E-state index >= 15 is 0 Å². The van der Waals surface area contributed by atoms with Gasteiger partial charge < -0.3 is 15.0 Å². The number of aromatic amines is 1. The van der Waals surface area contributed by atoms with Gasteiger partial charge in [0.15, 0.2) is 11.6 Å². The Kier molecular flexibility index (Phi) is 4.90. The van der Waals surface area contributed by atoms with E-state index in [-0.39, 0.29) is 17.2 Å². The van der Waals surface area contributed by atoms with E-state index in [9.17, 15) is 27.2 Å². The summed E-state index contributed by atoms with van der Waals surface area (Å²) in [6, 6.07) is 3.19. The van der Waals surface area contributed by atoms with Crippen molar-refractivity contribution in [1.82, 2.24) is 15.3 Å². The molecule has 6 nitrogen and oxygen atoms in total. The summed E-state index contributed by atoms with van der Waals surface area (Å²) in [5, 5.41) is 2.54. The van der Waals surface area contributed by atoms with Crippen molar-refractivity contribution in [3.8, 4) is 5.75 Å². The van der Waals surface area contributed by atoms with Gasteiger partial charge in [-0.1, -0.05) is 6.07 Å². The van der Waals surface area contributed by atoms with Crippen molar-refractivity contribution < 1.29 is 27.1 Å². The molecule has 0 unspecified atom stereocenters. The molecule has 144 valence electrons. The minimum atomic E-state index is -5.01. The number of nitrogens with one attached hydrogen (secondary N) is 2. The predicted molar refractivity (Wildman–Crippen MR) is 85.8 cm³/mol. The lowest BCUT2D eigenvalue weighted by molar-refractivity contribution is -0.275. The first kappa shape index (κ1) is 18.9. The predicted octanol–water partition coefficient (Wildman–Crippen LogP) is 3.18. The van der Waals surface area contributed by atoms with E-state index in [1.807, 2.05) is 0 Å². The van der Waals surface area contributed by atoms with E-state index in [2.05, 4.69) is 20.0 Å². The van der Waals surface area contributed by atoms with E-state index in [0.29, 0.717) is 5.82 Å². The summed E-state index contributed by atoms with van der Waals surface area (Å²) < 4.78 is 53.9. The molecule has 1 fully saturated rings. The summed E-state index contributed by atoms with van der Waals surface area (Å²) in [4.78, 5) is 30.7. The molecule has 1 heterocycles. The van der Waals surface area contributed by atoms with Gasteiger partial charge >= 0.3 is 6.36 Å². The first-order valence-corrected chi connectivity index (χ1v) is 8.09. The first-order chi connectivity index (χ1) is 12.6. The second kappa shape index (κ2) is 7.01. The van der Waals surface area contributed by atoms with Crippen molar-refractivity contribution in [2.45, 2.75) is 38.1 Å². The molecule has 0 saturated heterocycles. The lowest BCUT2D eigenvalue weighted by atomic mass is 10.1. The zero-order valence-electron chi connectivity index (χ0n) is 14.1. The summed E-state index contributed by atoms with van der Waals surface area (Å²) in [6.45, 7) is 1.52. The third-order valence-corrected chi connectivity index (χ3v) is 3.99. The summed E-state index contributed by atoms with van der Waals surface area (Å²) in [6.07, 6.45) is -3.24. The molecule has 1 amide bonds. The van der Waals surface area contributed by atoms with Crippen LogP contribution in [0.3, 0.4) is 0 Å². The number of rotatable bonds is 5. The van der Waals surface area contributed by atoms with Crippen LogP contribution in [0.4, 0.5) is 17.6 Å². The standard InChI is InChI=1S/C17H15F4N3O3/c1-8(10-4-5-13(11(18)6-10)27-17(19,20)21)22-16(26)12-7-14(25)24-15(23-12)9-2-3-9/h4-9H,2-3H2,1H3,(H,22,26)(H,23,24,25)/t8-/m1/s1. The maximum Gasteiger partial charge on any atom is 0.573 e. The molecule has 0 aliphatic heterocycles. The van der Waals surface area contributed by atoms with E-state index in [1.54, 1.807) is 0 Å². The van der Waals surface area contributed by atoms with Crippen LogP contribution in [0.25, 0.3) is 0 Å². The van der Waals surface area contributed by atoms with Crippen molar-refractivity contribution in [3.05, 3.63) is 57.5 Å². The molecule has 2 aromatic rings. The topological polar surface area (TPSA) is 84.1 Å². The molecule has 1 aromatic carbocycles. The Morgan fingerprint density at radius 1 is 1.33 bits per heavy atom. The number of carbonyl (C=O) groups excluding carboxylic acids is 1. The Bertz CT molecular complexity index is 922. The highest BCUT2D eigenvalue weighted by atomic mass is 19.4. The van der Waals surface area contributed by atoms with E-state index in [1.165, 1.54) is 13.0 Å². The highest BCUT2D eigenvalue weighted by Gasteiger charge is 2.32. The number of hydrogen-bond acceptors (Lipinski definition) is 4. The highest BCUT2D eigenvalue weighted by molar-refractivity contribution is 5.92. The average Bonchev–Trinajstić information content (AvgIpc) is 3.39. The summed E-state index contributed by atoms with van der Waals surface area (Å²) in [5.74, 6) is -2.24. The second-order valence-electron chi connectivity index (χ2n) is 6.22. The SMILES string of the molecule is C[C@@H](NC(=O)c1cc(=O)[nH]c(C2CC2)n1)c1ccc(OC(F)(F)F)c(F)c1. The van der Waals surface area contributed by atoms with Crippen molar-refractivity contribution in [3.63, 3.8) is 0 Å². The van der Waals surface area contributed by atoms with Gasteiger partial charge in [-0.25, -0.2) is 9.37 Å². The van der Waals surface area contributed by atoms with Crippen molar-refractivity contribution >= 4 is 5.91 Å². The molecule has 27 heavy (non-hydrogen) atoms. The van der Waals surface area contributed by atoms with E-state index < -0.39 is 35.4 Å². The lowest BCUT2D eigenvalue weighted by Gasteiger charge is -2.16. The van der Waals surface area contributed by atoms with Crippen molar-refractivity contribution in [2.24, 2.45) is 0 Å². The monoisotopic (exact) mass is 385 g/mol. The van der Waals surface area contributed by atoms with Crippen LogP contribution in [0, 0.1) is 5.82 Å². The van der Waals surface area contributed by atoms with Gasteiger partial charge in [-0.3, -0.25) is 9.59 Å². The molecule has 0 radical (unpaired) electrons. The van der Waals surface area contributed by atoms with Gasteiger partial charge in [-0.15, -0.1) is 13.2 Å². The van der Waals surface area contributed by atoms with Gasteiger partial charge in [0.2, 0.25) is 0 Å². The van der Waals surface area contributed by atoms with Gasteiger partial charge in [0.05, 0.1) is 6.04 Å². The smallest absolute Gasteiger partial charge is 0.403 e. The van der Waals surface area contributed by atoms with Crippen LogP contribution in [0.15, 0.2) is 29.1 Å². The fraction of sp³-hybridized carbons (Fsp3) is 0.353. The fourth-order valence-electron chi connectivity index (χ4n) is 2.49. The molecular formula is C17H15F4N3O3. The number of ether oxygens (including phenoxy) is 1. The van der Waals surface area contributed by atoms with Gasteiger partial charge in [0.1, 0.15) is 11.5 Å². The number of nitrogens with zero attached hydrogens (tertiary/aromatic N) is 1. The molecule has 1 aromatic heterocycles. The molecule has 1 aliphatic rings. The normalized spacial score (nSPS) is 15.3. The maximum atomic E-state index is 13.8. The maximum absolute atomic E-state index is 13.8. The molecule has 0 bridgehead atoms. The number of alkyl halides is 3. The first-order valence-electron chi connectivity index (χ1n) is 8.09. The Labute approximate surface area is 150 Å². The van der Waals surface area contributed by atoms with Crippen LogP contribution in [0.5, 0.6) is 5.75 Å². The van der Waals surface area contributed by atoms with Gasteiger partial charge in [0.25, 0.3) is 11.5 Å². The molecular weight excluding hydrogens is 370 g/mol. The van der Waals surface area contributed by atoms with Crippen LogP contribution in [-0.4, -0.2) is 22.2 Å². The third kappa shape index (κ3) is 4.83. The Balaban J connectivity index is 1.73. The van der Waals surface area contributed by atoms with Gasteiger partial charge in [-0.2, -0.15) is 0 Å². The second-order valence-corrected chi connectivity index (χ2v) is 6.22. The van der Waals surface area contributed by atoms with Crippen LogP contribution in [0.1, 0.15) is 53.6 Å². The minimum absolute atomic E-state index is 0.0787. The molecule has 1 saturated carbocycles. The molecule has 3 rings (SSSR count). The van der Waals surface area contributed by atoms with Crippen LogP contribution in [-0.2, 0) is 0 Å². The van der Waals surface area contributed by atoms with Crippen LogP contribution >= 0.6 is 0 Å². The zero-order chi connectivity index (χ0) is 19.8. The Hall–Kier alpha value is -2.91. The van der Waals surface area contributed by atoms with Crippen LogP contribution in [0.2, 0.25) is 0 Å². The summed E-state index contributed by atoms with van der Waals surface area (Å²) in [5.41, 5.74) is -0.308. The van der Waals surface area contributed by atoms with E-state index in [4.69, 9.17) is 0 Å². The molecule has 1 atom stereocenters. The largest absolute Gasteiger partial charge is 0.573 e. The molecule has 10 heteroatoms. The van der Waals surface area contributed by atoms with E-state index in [0.717, 1.165) is 31.0 Å². The fourth-order valence-corrected chi connectivity index (χ4v) is 2.49. The lowest BCUT2D eigenvalue weighted by Crippen LogP contribution is -2.29. The Morgan fingerprint density at radius 3 is 2.63 bits per heavy atom. The Morgan fingerprint density at radius 2 is 2.04 bits per heavy atom. The number of hydrogen-bond donors (Lipinski definition) is 2. The molecule has 0 spiro atoms. The highest BCUT2D eigenvalue weighted by Crippen LogP contribution is 2.37. The molecule has 2 N–H and O–H groups in total. The third-order valence-electron chi connectivity index (χ3n) is 3.99. The number of carbonyl (C=O) groups is 1. The number of benzene rings is 1. The summed E-state index contributed by atoms with van der Waals surface area (Å²) in [7, 11) is 0. The quantitative estimate of drug-likeness (QED) is 0.775. The van der Waals surface area contributed by atoms with Gasteiger partial charge in [-0.05, 0) is 37.5 Å². The van der Waals surface area contributed by atoms with Crippen LogP contribution < -0.4 is 15.6 Å². The number of amides is 1. The zero-order valence-corrected chi connectivity index (χ0v) is 14.1. The molecule has 1 aliphatic carbocycles. The minimum Gasteiger partial charge on any atom is -0.403 e. The van der Waals surface area contributed by atoms with Crippen molar-refractivity contribution in [1.29, 1.82) is 0 Å². The number of aromatic nitrogens is 2.